The molecule has 0 spiro atoms. The number of rotatable bonds is 19. The van der Waals surface area contributed by atoms with Crippen LogP contribution in [0.3, 0.4) is 0 Å². The second kappa shape index (κ2) is 22.1. The molecule has 3 aliphatic rings. The second-order valence-electron chi connectivity index (χ2n) is 18.3. The van der Waals surface area contributed by atoms with Crippen LogP contribution in [0.5, 0.6) is 11.5 Å². The molecule has 364 valence electrons. The van der Waals surface area contributed by atoms with E-state index in [1.165, 1.54) is 28.8 Å². The molecule has 0 radical (unpaired) electrons. The molecule has 6 N–H and O–H groups in total. The summed E-state index contributed by atoms with van der Waals surface area (Å²) < 4.78 is 53.0. The van der Waals surface area contributed by atoms with Crippen LogP contribution in [-0.2, 0) is 24.2 Å². The fourth-order valence-electron chi connectivity index (χ4n) is 9.05. The first-order chi connectivity index (χ1) is 32.7. The van der Waals surface area contributed by atoms with E-state index in [9.17, 15) is 23.6 Å². The highest BCUT2D eigenvalue weighted by Crippen LogP contribution is 2.43. The van der Waals surface area contributed by atoms with Gasteiger partial charge in [-0.3, -0.25) is 14.6 Å². The van der Waals surface area contributed by atoms with Gasteiger partial charge in [0.1, 0.15) is 17.0 Å². The molecular weight excluding hydrogens is 912 g/mol. The van der Waals surface area contributed by atoms with Gasteiger partial charge in [-0.15, -0.1) is 0 Å². The number of nitrogens with one attached hydrogen (secondary N) is 4. The predicted octanol–water partition coefficient (Wildman–Crippen LogP) is 5.98. The van der Waals surface area contributed by atoms with Gasteiger partial charge in [0, 0.05) is 88.9 Å². The van der Waals surface area contributed by atoms with Gasteiger partial charge in [-0.2, -0.15) is 10.4 Å². The van der Waals surface area contributed by atoms with Crippen molar-refractivity contribution in [3.63, 3.8) is 0 Å². The summed E-state index contributed by atoms with van der Waals surface area (Å²) in [5.74, 6) is -0.419. The Morgan fingerprint density at radius 3 is 2.56 bits per heavy atom. The minimum Gasteiger partial charge on any atom is -0.454 e. The Kier molecular flexibility index (Phi) is 16.0. The first-order valence-electron chi connectivity index (χ1n) is 23.0. The Hall–Kier alpha value is -5.12. The van der Waals surface area contributed by atoms with E-state index in [2.05, 4.69) is 60.7 Å². The molecule has 0 bridgehead atoms. The summed E-state index contributed by atoms with van der Waals surface area (Å²) in [6.45, 7) is 13.2. The van der Waals surface area contributed by atoms with Crippen LogP contribution in [0.1, 0.15) is 49.0 Å². The van der Waals surface area contributed by atoms with Gasteiger partial charge in [0.2, 0.25) is 5.69 Å². The smallest absolute Gasteiger partial charge is 0.268 e. The third kappa shape index (κ3) is 12.4. The average Bonchev–Trinajstić information content (AvgIpc) is 3.82. The minimum atomic E-state index is -4.55. The molecule has 1 atom stereocenters. The summed E-state index contributed by atoms with van der Waals surface area (Å²) in [5, 5.41) is 23.4. The molecule has 0 unspecified atom stereocenters. The summed E-state index contributed by atoms with van der Waals surface area (Å²) >= 11 is 6.26. The first kappa shape index (κ1) is 49.3. The number of hydrogen-bond donors (Lipinski definition) is 6. The number of allylic oxidation sites excluding steroid dienone is 1. The molecule has 5 aromatic rings. The van der Waals surface area contributed by atoms with E-state index in [0.29, 0.717) is 50.8 Å². The van der Waals surface area contributed by atoms with Gasteiger partial charge in [-0.1, -0.05) is 49.2 Å². The Morgan fingerprint density at radius 2 is 1.78 bits per heavy atom. The number of anilines is 2. The Balaban J connectivity index is 0.962. The van der Waals surface area contributed by atoms with Crippen molar-refractivity contribution >= 4 is 61.2 Å². The lowest BCUT2D eigenvalue weighted by molar-refractivity contribution is -1.19. The molecule has 2 aliphatic heterocycles. The second-order valence-corrected chi connectivity index (χ2v) is 20.4. The quantitative estimate of drug-likeness (QED) is 0.0418. The first-order valence-corrected chi connectivity index (χ1v) is 24.9. The van der Waals surface area contributed by atoms with Crippen molar-refractivity contribution in [2.45, 2.75) is 44.1 Å². The number of aromatic amines is 1. The highest BCUT2D eigenvalue weighted by Gasteiger charge is 2.31. The van der Waals surface area contributed by atoms with Gasteiger partial charge < -0.3 is 34.1 Å². The van der Waals surface area contributed by atoms with Crippen LogP contribution in [0.2, 0.25) is 5.02 Å². The lowest BCUT2D eigenvalue weighted by Gasteiger charge is -2.39. The monoisotopic (exact) mass is 973 g/mol. The van der Waals surface area contributed by atoms with E-state index in [4.69, 9.17) is 30.5 Å². The number of imidazole rings is 1. The maximum absolute atomic E-state index is 14.1. The number of halogens is 1. The zero-order valence-corrected chi connectivity index (χ0v) is 40.4. The molecule has 19 heteroatoms. The van der Waals surface area contributed by atoms with Crippen molar-refractivity contribution in [2.24, 2.45) is 5.41 Å². The number of amides is 1. The topological polar surface area (TPSA) is 195 Å². The summed E-state index contributed by atoms with van der Waals surface area (Å²) in [7, 11) is -2.92. The average molecular weight is 975 g/mol. The lowest BCUT2D eigenvalue weighted by Crippen LogP contribution is -3.02. The number of quaternary nitrogens is 1. The number of H-pyrrole nitrogens is 1. The standard InChI is InChI=1S/C49H61ClN8O9S/c1-49(2)16-15-35(41(29-49)34-7-9-36(50)10-8-34)31-55-17-19-57(20-18-55)37-11-13-40(46(27-37)67-45-6-4-5-43-47(45)53-33-52-43)48(59)54-68(62,63)39-12-14-42(44(28-39)58(60)61)51-30-38-32-56(22-24-66-38)21-23-65-26-25-64-3/h4-14,27-28,33,38,51,60-61H,15-26,29-32H2,1-3H3,(H,52,53)(H,54,59)/p+1/t38-/m1/s1. The molecule has 4 aromatic carbocycles. The summed E-state index contributed by atoms with van der Waals surface area (Å²) in [5.41, 5.74) is 6.50. The number of ether oxygens (including phenoxy) is 4. The highest BCUT2D eigenvalue weighted by molar-refractivity contribution is 7.90. The van der Waals surface area contributed by atoms with E-state index in [1.807, 2.05) is 18.2 Å². The van der Waals surface area contributed by atoms with Gasteiger partial charge in [0.15, 0.2) is 5.75 Å². The molecule has 68 heavy (non-hydrogen) atoms. The largest absolute Gasteiger partial charge is 0.454 e. The number of morpholine rings is 1. The Morgan fingerprint density at radius 1 is 0.971 bits per heavy atom. The van der Waals surface area contributed by atoms with Crippen molar-refractivity contribution in [2.75, 3.05) is 103 Å². The maximum atomic E-state index is 14.1. The Bertz CT molecular complexity index is 2670. The number of aromatic nitrogens is 2. The highest BCUT2D eigenvalue weighted by atomic mass is 35.5. The SMILES string of the molecule is COCCOCCN1CCO[C@H](CNc2ccc(S(=O)(=O)NC(=O)c3ccc(N4CCN(CC5=C(c6ccc(Cl)cc6)CC(C)(C)CC5)CC4)cc3Oc3cccc4[nH]cnc34)cc2[NH+](O)O)C1. The van der Waals surface area contributed by atoms with Gasteiger partial charge in [0.25, 0.3) is 15.9 Å². The number of hydrogen-bond acceptors (Lipinski definition) is 14. The summed E-state index contributed by atoms with van der Waals surface area (Å²) in [4.78, 5) is 28.2. The van der Waals surface area contributed by atoms with Crippen molar-refractivity contribution in [1.82, 2.24) is 24.5 Å². The van der Waals surface area contributed by atoms with Crippen LogP contribution in [0, 0.1) is 5.41 Å². The molecular formula is C49H62ClN8O9S+. The summed E-state index contributed by atoms with van der Waals surface area (Å²) in [6, 6.07) is 22.5. The summed E-state index contributed by atoms with van der Waals surface area (Å²) in [6.07, 6.45) is 4.52. The zero-order valence-electron chi connectivity index (χ0n) is 38.8. The molecule has 8 rings (SSSR count). The van der Waals surface area contributed by atoms with Crippen LogP contribution >= 0.6 is 11.6 Å². The van der Waals surface area contributed by atoms with Crippen LogP contribution < -0.4 is 24.9 Å². The number of methoxy groups -OCH3 is 1. The van der Waals surface area contributed by atoms with E-state index >= 15 is 0 Å². The number of piperazine rings is 1. The molecule has 2 fully saturated rings. The van der Waals surface area contributed by atoms with Gasteiger partial charge in [-0.05, 0) is 89.6 Å². The number of para-hydroxylation sites is 1. The maximum Gasteiger partial charge on any atom is 0.268 e. The lowest BCUT2D eigenvalue weighted by atomic mass is 9.72. The fourth-order valence-corrected chi connectivity index (χ4v) is 10.2. The minimum absolute atomic E-state index is 0.0245. The van der Waals surface area contributed by atoms with E-state index < -0.39 is 21.2 Å². The molecule has 1 amide bonds. The number of carbonyl (C=O) groups excluding carboxylic acids is 1. The van der Waals surface area contributed by atoms with E-state index in [-0.39, 0.29) is 39.1 Å². The van der Waals surface area contributed by atoms with Crippen molar-refractivity contribution in [3.8, 4) is 11.5 Å². The van der Waals surface area contributed by atoms with Gasteiger partial charge in [-0.25, -0.2) is 18.1 Å². The van der Waals surface area contributed by atoms with Gasteiger partial charge in [0.05, 0.1) is 54.8 Å². The number of nitrogens with zero attached hydrogens (tertiary/aromatic N) is 4. The molecule has 0 saturated carbocycles. The number of benzene rings is 4. The third-order valence-electron chi connectivity index (χ3n) is 12.9. The number of carbonyl (C=O) groups is 1. The van der Waals surface area contributed by atoms with E-state index in [0.717, 1.165) is 87.4 Å². The fraction of sp³-hybridized carbons (Fsp3) is 0.429. The van der Waals surface area contributed by atoms with Crippen molar-refractivity contribution < 1.29 is 47.8 Å². The number of fused-ring (bicyclic) bond motifs is 1. The molecule has 1 aromatic heterocycles. The van der Waals surface area contributed by atoms with E-state index in [1.54, 1.807) is 43.8 Å². The van der Waals surface area contributed by atoms with Crippen LogP contribution in [-0.4, -0.2) is 143 Å². The van der Waals surface area contributed by atoms with Crippen molar-refractivity contribution in [1.29, 1.82) is 0 Å². The van der Waals surface area contributed by atoms with Crippen molar-refractivity contribution in [3.05, 3.63) is 107 Å². The zero-order chi connectivity index (χ0) is 47.8. The van der Waals surface area contributed by atoms with Crippen LogP contribution in [0.25, 0.3) is 16.6 Å². The number of sulfonamides is 1. The molecule has 1 aliphatic carbocycles. The Labute approximate surface area is 402 Å². The molecule has 17 nitrogen and oxygen atoms in total. The normalized spacial score (nSPS) is 18.3. The molecule has 2 saturated heterocycles. The van der Waals surface area contributed by atoms with Gasteiger partial charge >= 0.3 is 0 Å². The molecule has 3 heterocycles. The third-order valence-corrected chi connectivity index (χ3v) is 14.4. The predicted molar refractivity (Wildman–Crippen MR) is 260 cm³/mol. The van der Waals surface area contributed by atoms with Crippen LogP contribution in [0.4, 0.5) is 17.1 Å². The van der Waals surface area contributed by atoms with Crippen LogP contribution in [0.15, 0.2) is 95.7 Å².